The number of ether oxygens (including phenoxy) is 2. The number of carbonyl (C=O) groups is 1. The molecule has 2 atom stereocenters. The number of amides is 1. The molecular formula is C18H27ClN2O3. The highest BCUT2D eigenvalue weighted by Crippen LogP contribution is 2.36. The molecule has 0 bridgehead atoms. The molecule has 1 fully saturated rings. The van der Waals surface area contributed by atoms with Gasteiger partial charge in [-0.05, 0) is 44.4 Å². The van der Waals surface area contributed by atoms with E-state index in [1.165, 1.54) is 0 Å². The molecule has 0 spiro atoms. The molecule has 0 aliphatic carbocycles. The Morgan fingerprint density at radius 1 is 1.46 bits per heavy atom. The Balaban J connectivity index is 2.14. The minimum absolute atomic E-state index is 0.118. The zero-order valence-electron chi connectivity index (χ0n) is 14.8. The molecule has 1 amide bonds. The van der Waals surface area contributed by atoms with Crippen molar-refractivity contribution in [3.05, 3.63) is 22.7 Å². The van der Waals surface area contributed by atoms with Crippen LogP contribution in [0.3, 0.4) is 0 Å². The first-order valence-electron chi connectivity index (χ1n) is 8.47. The second-order valence-electron chi connectivity index (χ2n) is 6.66. The van der Waals surface area contributed by atoms with Crippen molar-refractivity contribution in [3.63, 3.8) is 0 Å². The predicted molar refractivity (Wildman–Crippen MR) is 96.3 cm³/mol. The van der Waals surface area contributed by atoms with Gasteiger partial charge in [0, 0.05) is 17.6 Å². The van der Waals surface area contributed by atoms with E-state index in [2.05, 4.69) is 31.4 Å². The fourth-order valence-corrected chi connectivity index (χ4v) is 3.00. The lowest BCUT2D eigenvalue weighted by atomic mass is 9.99. The fraction of sp³-hybridized carbons (Fsp3) is 0.611. The molecule has 2 N–H and O–H groups in total. The van der Waals surface area contributed by atoms with Gasteiger partial charge >= 0.3 is 0 Å². The zero-order chi connectivity index (χ0) is 17.7. The number of halogens is 1. The van der Waals surface area contributed by atoms with E-state index in [1.807, 2.05) is 0 Å². The van der Waals surface area contributed by atoms with E-state index < -0.39 is 0 Å². The Labute approximate surface area is 149 Å². The first-order valence-corrected chi connectivity index (χ1v) is 8.84. The number of hydrogen-bond donors (Lipinski definition) is 2. The van der Waals surface area contributed by atoms with Gasteiger partial charge < -0.3 is 20.1 Å². The Kier molecular flexibility index (Phi) is 6.75. The topological polar surface area (TPSA) is 59.6 Å². The summed E-state index contributed by atoms with van der Waals surface area (Å²) in [4.78, 5) is 12.6. The van der Waals surface area contributed by atoms with Gasteiger partial charge in [0.1, 0.15) is 0 Å². The summed E-state index contributed by atoms with van der Waals surface area (Å²) in [5.41, 5.74) is 0.478. The van der Waals surface area contributed by atoms with E-state index in [-0.39, 0.29) is 18.0 Å². The molecule has 0 radical (unpaired) electrons. The summed E-state index contributed by atoms with van der Waals surface area (Å²) in [5, 5.41) is 6.83. The van der Waals surface area contributed by atoms with E-state index in [1.54, 1.807) is 19.2 Å². The van der Waals surface area contributed by atoms with Gasteiger partial charge in [-0.3, -0.25) is 4.79 Å². The maximum atomic E-state index is 12.6. The van der Waals surface area contributed by atoms with Crippen LogP contribution in [0.5, 0.6) is 11.5 Å². The van der Waals surface area contributed by atoms with Crippen LogP contribution in [0.2, 0.25) is 5.02 Å². The molecule has 1 aliphatic rings. The van der Waals surface area contributed by atoms with Crippen molar-refractivity contribution in [3.8, 4) is 11.5 Å². The quantitative estimate of drug-likeness (QED) is 0.823. The smallest absolute Gasteiger partial charge is 0.251 e. The molecule has 2 rings (SSSR count). The number of hydrogen-bond acceptors (Lipinski definition) is 4. The number of benzene rings is 1. The third-order valence-corrected chi connectivity index (χ3v) is 4.41. The summed E-state index contributed by atoms with van der Waals surface area (Å²) in [6.07, 6.45) is 2.03. The Bertz CT molecular complexity index is 578. The van der Waals surface area contributed by atoms with E-state index in [0.717, 1.165) is 19.4 Å². The van der Waals surface area contributed by atoms with Crippen LogP contribution >= 0.6 is 11.6 Å². The molecule has 1 aromatic rings. The molecule has 2 unspecified atom stereocenters. The van der Waals surface area contributed by atoms with Crippen molar-refractivity contribution in [2.75, 3.05) is 20.3 Å². The Morgan fingerprint density at radius 3 is 2.83 bits per heavy atom. The largest absolute Gasteiger partial charge is 0.493 e. The average Bonchev–Trinajstić information content (AvgIpc) is 2.54. The van der Waals surface area contributed by atoms with E-state index >= 15 is 0 Å². The van der Waals surface area contributed by atoms with E-state index in [0.29, 0.717) is 34.6 Å². The van der Waals surface area contributed by atoms with Crippen LogP contribution in [0, 0.1) is 5.92 Å². The molecular weight excluding hydrogens is 328 g/mol. The minimum atomic E-state index is -0.147. The van der Waals surface area contributed by atoms with Gasteiger partial charge in [0.15, 0.2) is 11.5 Å². The van der Waals surface area contributed by atoms with Gasteiger partial charge in [0.25, 0.3) is 5.91 Å². The normalized spacial score (nSPS) is 20.8. The van der Waals surface area contributed by atoms with Crippen LogP contribution in [0.1, 0.15) is 44.0 Å². The maximum Gasteiger partial charge on any atom is 0.251 e. The second-order valence-corrected chi connectivity index (χ2v) is 7.07. The summed E-state index contributed by atoms with van der Waals surface area (Å²) in [6, 6.07) is 3.69. The first-order chi connectivity index (χ1) is 11.4. The van der Waals surface area contributed by atoms with Crippen LogP contribution in [0.4, 0.5) is 0 Å². The van der Waals surface area contributed by atoms with Crippen molar-refractivity contribution < 1.29 is 14.3 Å². The van der Waals surface area contributed by atoms with Crippen molar-refractivity contribution in [2.24, 2.45) is 5.92 Å². The molecule has 24 heavy (non-hydrogen) atoms. The molecule has 1 heterocycles. The standard InChI is InChI=1S/C18H27ClN2O3/c1-11(2)10-24-17-14(19)8-13(9-16(17)23-4)18(22)21-15-6-5-7-20-12(15)3/h8-9,11-12,15,20H,5-7,10H2,1-4H3,(H,21,22). The van der Waals surface area contributed by atoms with Gasteiger partial charge in [-0.15, -0.1) is 0 Å². The third kappa shape index (κ3) is 4.77. The molecule has 0 saturated carbocycles. The highest BCUT2D eigenvalue weighted by molar-refractivity contribution is 6.32. The van der Waals surface area contributed by atoms with Crippen LogP contribution in [-0.4, -0.2) is 38.3 Å². The molecule has 1 saturated heterocycles. The van der Waals surface area contributed by atoms with Gasteiger partial charge in [-0.25, -0.2) is 0 Å². The molecule has 1 aromatic carbocycles. The van der Waals surface area contributed by atoms with Gasteiger partial charge in [-0.1, -0.05) is 25.4 Å². The van der Waals surface area contributed by atoms with Gasteiger partial charge in [0.2, 0.25) is 0 Å². The molecule has 0 aromatic heterocycles. The fourth-order valence-electron chi connectivity index (χ4n) is 2.73. The molecule has 134 valence electrons. The highest BCUT2D eigenvalue weighted by Gasteiger charge is 2.24. The van der Waals surface area contributed by atoms with Crippen LogP contribution in [-0.2, 0) is 0 Å². The van der Waals surface area contributed by atoms with Crippen LogP contribution in [0.25, 0.3) is 0 Å². The number of methoxy groups -OCH3 is 1. The van der Waals surface area contributed by atoms with Gasteiger partial charge in [0.05, 0.1) is 18.7 Å². The Hall–Kier alpha value is -1.46. The van der Waals surface area contributed by atoms with Gasteiger partial charge in [-0.2, -0.15) is 0 Å². The summed E-state index contributed by atoms with van der Waals surface area (Å²) >= 11 is 6.31. The van der Waals surface area contributed by atoms with E-state index in [4.69, 9.17) is 21.1 Å². The second kappa shape index (κ2) is 8.58. The Morgan fingerprint density at radius 2 is 2.21 bits per heavy atom. The summed E-state index contributed by atoms with van der Waals surface area (Å²) in [5.74, 6) is 1.18. The molecule has 1 aliphatic heterocycles. The van der Waals surface area contributed by atoms with Crippen molar-refractivity contribution in [2.45, 2.75) is 45.7 Å². The van der Waals surface area contributed by atoms with Crippen LogP contribution in [0.15, 0.2) is 12.1 Å². The molecule has 6 heteroatoms. The summed E-state index contributed by atoms with van der Waals surface area (Å²) in [7, 11) is 1.54. The monoisotopic (exact) mass is 354 g/mol. The summed E-state index contributed by atoms with van der Waals surface area (Å²) < 4.78 is 11.1. The van der Waals surface area contributed by atoms with E-state index in [9.17, 15) is 4.79 Å². The van der Waals surface area contributed by atoms with Crippen molar-refractivity contribution in [1.29, 1.82) is 0 Å². The average molecular weight is 355 g/mol. The zero-order valence-corrected chi connectivity index (χ0v) is 15.6. The predicted octanol–water partition coefficient (Wildman–Crippen LogP) is 3.25. The summed E-state index contributed by atoms with van der Waals surface area (Å²) in [6.45, 7) is 7.73. The minimum Gasteiger partial charge on any atom is -0.493 e. The van der Waals surface area contributed by atoms with Crippen LogP contribution < -0.4 is 20.1 Å². The number of rotatable bonds is 6. The lowest BCUT2D eigenvalue weighted by Crippen LogP contribution is -2.51. The van der Waals surface area contributed by atoms with Crippen molar-refractivity contribution >= 4 is 17.5 Å². The first kappa shape index (κ1) is 18.9. The lowest BCUT2D eigenvalue weighted by Gasteiger charge is -2.30. The lowest BCUT2D eigenvalue weighted by molar-refractivity contribution is 0.0919. The SMILES string of the molecule is COc1cc(C(=O)NC2CCCNC2C)cc(Cl)c1OCC(C)C. The number of nitrogens with one attached hydrogen (secondary N) is 2. The number of piperidine rings is 1. The van der Waals surface area contributed by atoms with Crippen molar-refractivity contribution in [1.82, 2.24) is 10.6 Å². The maximum absolute atomic E-state index is 12.6. The third-order valence-electron chi connectivity index (χ3n) is 4.13. The number of carbonyl (C=O) groups excluding carboxylic acids is 1. The highest BCUT2D eigenvalue weighted by atomic mass is 35.5. The molecule has 5 nitrogen and oxygen atoms in total.